The van der Waals surface area contributed by atoms with Gasteiger partial charge in [0, 0.05) is 11.1 Å². The molecule has 150 valence electrons. The van der Waals surface area contributed by atoms with Crippen molar-refractivity contribution in [3.05, 3.63) is 106 Å². The molecular formula is C24H17N5O2. The standard InChI is InChI=1S/C24H17N5O2/c1-16-21(14-25)24(31)29(19-11-3-2-4-12-19)28-22(16)23(30)27-26-15-18-10-7-9-17-8-5-6-13-20(17)18/h2-13,15H,1H3,(H,27,30). The maximum absolute atomic E-state index is 12.8. The smallest absolute Gasteiger partial charge is 0.266 e. The maximum atomic E-state index is 12.8. The molecule has 3 aromatic carbocycles. The average molecular weight is 407 g/mol. The van der Waals surface area contributed by atoms with Crippen molar-refractivity contribution < 1.29 is 4.79 Å². The number of fused-ring (bicyclic) bond motifs is 1. The molecule has 31 heavy (non-hydrogen) atoms. The summed E-state index contributed by atoms with van der Waals surface area (Å²) in [6.45, 7) is 1.52. The second-order valence-corrected chi connectivity index (χ2v) is 6.78. The number of benzene rings is 3. The van der Waals surface area contributed by atoms with E-state index in [1.165, 1.54) is 6.92 Å². The first kappa shape index (κ1) is 19.7. The summed E-state index contributed by atoms with van der Waals surface area (Å²) in [5, 5.41) is 19.8. The molecule has 4 aromatic rings. The number of amides is 1. The average Bonchev–Trinajstić information content (AvgIpc) is 2.80. The molecule has 0 radical (unpaired) electrons. The molecule has 0 spiro atoms. The summed E-state index contributed by atoms with van der Waals surface area (Å²) in [7, 11) is 0. The fourth-order valence-electron chi connectivity index (χ4n) is 3.27. The molecule has 0 unspecified atom stereocenters. The van der Waals surface area contributed by atoms with Gasteiger partial charge in [0.2, 0.25) is 0 Å². The van der Waals surface area contributed by atoms with Crippen LogP contribution in [0.2, 0.25) is 0 Å². The van der Waals surface area contributed by atoms with Gasteiger partial charge in [0.25, 0.3) is 11.5 Å². The van der Waals surface area contributed by atoms with Gasteiger partial charge >= 0.3 is 0 Å². The second kappa shape index (κ2) is 8.43. The maximum Gasteiger partial charge on any atom is 0.292 e. The van der Waals surface area contributed by atoms with Gasteiger partial charge in [0.15, 0.2) is 5.69 Å². The van der Waals surface area contributed by atoms with Gasteiger partial charge in [-0.1, -0.05) is 60.7 Å². The molecule has 1 amide bonds. The van der Waals surface area contributed by atoms with E-state index in [9.17, 15) is 14.9 Å². The molecule has 1 aromatic heterocycles. The number of rotatable bonds is 4. The number of carbonyl (C=O) groups excluding carboxylic acids is 1. The van der Waals surface area contributed by atoms with E-state index < -0.39 is 11.5 Å². The Morgan fingerprint density at radius 3 is 2.55 bits per heavy atom. The van der Waals surface area contributed by atoms with E-state index in [1.54, 1.807) is 36.5 Å². The Balaban J connectivity index is 1.68. The fraction of sp³-hybridized carbons (Fsp3) is 0.0417. The van der Waals surface area contributed by atoms with E-state index in [2.05, 4.69) is 15.6 Å². The van der Waals surface area contributed by atoms with Crippen LogP contribution in [0.25, 0.3) is 16.5 Å². The third kappa shape index (κ3) is 3.82. The lowest BCUT2D eigenvalue weighted by atomic mass is 10.1. The lowest BCUT2D eigenvalue weighted by molar-refractivity contribution is 0.0947. The quantitative estimate of drug-likeness (QED) is 0.414. The molecule has 0 aliphatic carbocycles. The lowest BCUT2D eigenvalue weighted by Gasteiger charge is -2.10. The Labute approximate surface area is 177 Å². The number of hydrogen-bond donors (Lipinski definition) is 1. The van der Waals surface area contributed by atoms with E-state index in [1.807, 2.05) is 48.5 Å². The minimum Gasteiger partial charge on any atom is -0.266 e. The monoisotopic (exact) mass is 407 g/mol. The highest BCUT2D eigenvalue weighted by molar-refractivity contribution is 6.00. The Morgan fingerprint density at radius 2 is 1.77 bits per heavy atom. The highest BCUT2D eigenvalue weighted by atomic mass is 16.2. The van der Waals surface area contributed by atoms with Crippen LogP contribution in [0.3, 0.4) is 0 Å². The molecular weight excluding hydrogens is 390 g/mol. The topological polar surface area (TPSA) is 100 Å². The number of nitrogens with one attached hydrogen (secondary N) is 1. The molecule has 1 heterocycles. The van der Waals surface area contributed by atoms with Crippen molar-refractivity contribution in [1.82, 2.24) is 15.2 Å². The Morgan fingerprint density at radius 1 is 1.06 bits per heavy atom. The van der Waals surface area contributed by atoms with Gasteiger partial charge in [-0.2, -0.15) is 20.1 Å². The summed E-state index contributed by atoms with van der Waals surface area (Å²) >= 11 is 0. The Kier molecular flexibility index (Phi) is 5.37. The normalized spacial score (nSPS) is 10.8. The van der Waals surface area contributed by atoms with Crippen molar-refractivity contribution in [2.75, 3.05) is 0 Å². The van der Waals surface area contributed by atoms with Crippen LogP contribution in [-0.2, 0) is 0 Å². The molecule has 0 aliphatic heterocycles. The molecule has 0 saturated carbocycles. The predicted molar refractivity (Wildman–Crippen MR) is 118 cm³/mol. The van der Waals surface area contributed by atoms with Crippen LogP contribution >= 0.6 is 0 Å². The van der Waals surface area contributed by atoms with Crippen LogP contribution in [0, 0.1) is 18.3 Å². The SMILES string of the molecule is Cc1c(C(=O)NN=Cc2cccc3ccccc23)nn(-c2ccccc2)c(=O)c1C#N. The van der Waals surface area contributed by atoms with Crippen molar-refractivity contribution in [1.29, 1.82) is 5.26 Å². The van der Waals surface area contributed by atoms with Gasteiger partial charge in [-0.15, -0.1) is 0 Å². The molecule has 4 rings (SSSR count). The zero-order chi connectivity index (χ0) is 21.8. The van der Waals surface area contributed by atoms with Crippen LogP contribution < -0.4 is 11.0 Å². The fourth-order valence-corrected chi connectivity index (χ4v) is 3.27. The first-order valence-electron chi connectivity index (χ1n) is 9.51. The zero-order valence-electron chi connectivity index (χ0n) is 16.6. The van der Waals surface area contributed by atoms with Crippen molar-refractivity contribution >= 4 is 22.9 Å². The first-order valence-corrected chi connectivity index (χ1v) is 9.51. The van der Waals surface area contributed by atoms with Crippen LogP contribution in [0.1, 0.15) is 27.2 Å². The largest absolute Gasteiger partial charge is 0.292 e. The third-order valence-electron chi connectivity index (χ3n) is 4.86. The number of hydrogen-bond acceptors (Lipinski definition) is 5. The molecule has 0 fully saturated rings. The highest BCUT2D eigenvalue weighted by Gasteiger charge is 2.20. The minimum absolute atomic E-state index is 0.0462. The summed E-state index contributed by atoms with van der Waals surface area (Å²) in [5.41, 5.74) is 3.19. The Bertz CT molecular complexity index is 1410. The van der Waals surface area contributed by atoms with Crippen LogP contribution in [0.15, 0.2) is 82.7 Å². The number of aromatic nitrogens is 2. The van der Waals surface area contributed by atoms with E-state index in [0.29, 0.717) is 5.69 Å². The van der Waals surface area contributed by atoms with Crippen molar-refractivity contribution in [3.63, 3.8) is 0 Å². The number of hydrazone groups is 1. The number of nitrogens with zero attached hydrogens (tertiary/aromatic N) is 4. The van der Waals surface area contributed by atoms with E-state index >= 15 is 0 Å². The van der Waals surface area contributed by atoms with E-state index in [4.69, 9.17) is 0 Å². The van der Waals surface area contributed by atoms with Crippen LogP contribution in [0.4, 0.5) is 0 Å². The molecule has 1 N–H and O–H groups in total. The zero-order valence-corrected chi connectivity index (χ0v) is 16.6. The lowest BCUT2D eigenvalue weighted by Crippen LogP contribution is -2.31. The third-order valence-corrected chi connectivity index (χ3v) is 4.86. The van der Waals surface area contributed by atoms with Gasteiger partial charge < -0.3 is 0 Å². The van der Waals surface area contributed by atoms with E-state index in [0.717, 1.165) is 21.0 Å². The number of para-hydroxylation sites is 1. The van der Waals surface area contributed by atoms with Gasteiger partial charge in [-0.25, -0.2) is 5.43 Å². The highest BCUT2D eigenvalue weighted by Crippen LogP contribution is 2.17. The van der Waals surface area contributed by atoms with Gasteiger partial charge in [-0.3, -0.25) is 9.59 Å². The van der Waals surface area contributed by atoms with E-state index in [-0.39, 0.29) is 16.8 Å². The number of nitriles is 1. The van der Waals surface area contributed by atoms with Gasteiger partial charge in [0.05, 0.1) is 11.9 Å². The van der Waals surface area contributed by atoms with Crippen LogP contribution in [0.5, 0.6) is 0 Å². The van der Waals surface area contributed by atoms with Crippen molar-refractivity contribution in [2.45, 2.75) is 6.92 Å². The van der Waals surface area contributed by atoms with Crippen LogP contribution in [-0.4, -0.2) is 21.9 Å². The van der Waals surface area contributed by atoms with Crippen molar-refractivity contribution in [2.24, 2.45) is 5.10 Å². The molecule has 7 heteroatoms. The number of carbonyl (C=O) groups is 1. The second-order valence-electron chi connectivity index (χ2n) is 6.78. The molecule has 0 saturated heterocycles. The first-order chi connectivity index (χ1) is 15.1. The summed E-state index contributed by atoms with van der Waals surface area (Å²) in [6.07, 6.45) is 1.55. The van der Waals surface area contributed by atoms with Crippen molar-refractivity contribution in [3.8, 4) is 11.8 Å². The van der Waals surface area contributed by atoms with Gasteiger partial charge in [-0.05, 0) is 29.8 Å². The minimum atomic E-state index is -0.616. The predicted octanol–water partition coefficient (Wildman–Crippen LogP) is 3.33. The summed E-state index contributed by atoms with van der Waals surface area (Å²) in [5.74, 6) is -0.616. The summed E-state index contributed by atoms with van der Waals surface area (Å²) in [6, 6.07) is 24.1. The summed E-state index contributed by atoms with van der Waals surface area (Å²) < 4.78 is 1.05. The Hall–Kier alpha value is -4.57. The summed E-state index contributed by atoms with van der Waals surface area (Å²) in [4.78, 5) is 25.4. The molecule has 7 nitrogen and oxygen atoms in total. The molecule has 0 bridgehead atoms. The molecule has 0 aliphatic rings. The van der Waals surface area contributed by atoms with Gasteiger partial charge in [0.1, 0.15) is 11.6 Å². The molecule has 0 atom stereocenters.